The Labute approximate surface area is 93.2 Å². The minimum absolute atomic E-state index is 0.629. The van der Waals surface area contributed by atoms with Crippen LogP contribution >= 0.6 is 60.5 Å². The van der Waals surface area contributed by atoms with Crippen molar-refractivity contribution < 1.29 is 0 Å². The highest BCUT2D eigenvalue weighted by molar-refractivity contribution is 8.44. The van der Waals surface area contributed by atoms with E-state index < -0.39 is 10.0 Å². The van der Waals surface area contributed by atoms with E-state index in [1.807, 2.05) is 0 Å². The lowest BCUT2D eigenvalue weighted by molar-refractivity contribution is 1.12. The predicted octanol–water partition coefficient (Wildman–Crippen LogP) is 2.77. The molecule has 0 amide bonds. The standard InChI is InChI=1S/C6H16S5/c7-2-1-3-11(4-8,5-9)6-10/h7-10H,1-6H2. The first kappa shape index (κ1) is 12.8. The molecule has 0 aliphatic rings. The lowest BCUT2D eigenvalue weighted by Gasteiger charge is -2.35. The summed E-state index contributed by atoms with van der Waals surface area (Å²) >= 11 is 17.2. The number of hydrogen-bond acceptors (Lipinski definition) is 4. The molecule has 0 atom stereocenters. The Kier molecular flexibility index (Phi) is 8.32. The minimum atomic E-state index is -0.629. The molecule has 0 N–H and O–H groups in total. The highest BCUT2D eigenvalue weighted by atomic mass is 32.3. The van der Waals surface area contributed by atoms with Crippen molar-refractivity contribution in [3.63, 3.8) is 0 Å². The summed E-state index contributed by atoms with van der Waals surface area (Å²) in [6.07, 6.45) is 1.17. The summed E-state index contributed by atoms with van der Waals surface area (Å²) in [5.41, 5.74) is 0. The maximum Gasteiger partial charge on any atom is 0.0219 e. The monoisotopic (exact) mass is 248 g/mol. The molecule has 0 saturated carbocycles. The van der Waals surface area contributed by atoms with Gasteiger partial charge in [-0.25, -0.2) is 10.0 Å². The van der Waals surface area contributed by atoms with Gasteiger partial charge in [0.15, 0.2) is 0 Å². The predicted molar refractivity (Wildman–Crippen MR) is 72.5 cm³/mol. The SMILES string of the molecule is SCCCS(CS)(CS)CS. The quantitative estimate of drug-likeness (QED) is 0.511. The Morgan fingerprint density at radius 2 is 1.27 bits per heavy atom. The first-order valence-electron chi connectivity index (χ1n) is 3.42. The molecule has 0 radical (unpaired) electrons. The third-order valence-corrected chi connectivity index (χ3v) is 9.60. The summed E-state index contributed by atoms with van der Waals surface area (Å²) < 4.78 is 0. The van der Waals surface area contributed by atoms with E-state index in [1.54, 1.807) is 0 Å². The van der Waals surface area contributed by atoms with Gasteiger partial charge in [0, 0.05) is 15.3 Å². The van der Waals surface area contributed by atoms with Gasteiger partial charge in [0.2, 0.25) is 0 Å². The molecule has 0 heterocycles. The molecule has 0 fully saturated rings. The maximum absolute atomic E-state index is 4.35. The van der Waals surface area contributed by atoms with E-state index in [4.69, 9.17) is 0 Å². The van der Waals surface area contributed by atoms with E-state index in [9.17, 15) is 0 Å². The van der Waals surface area contributed by atoms with Crippen LogP contribution < -0.4 is 0 Å². The van der Waals surface area contributed by atoms with E-state index >= 15 is 0 Å². The van der Waals surface area contributed by atoms with Gasteiger partial charge in [0.25, 0.3) is 0 Å². The van der Waals surface area contributed by atoms with Gasteiger partial charge < -0.3 is 0 Å². The van der Waals surface area contributed by atoms with Crippen LogP contribution in [0.2, 0.25) is 0 Å². The molecule has 0 aliphatic heterocycles. The summed E-state index contributed by atoms with van der Waals surface area (Å²) in [5.74, 6) is 2.18. The fourth-order valence-electron chi connectivity index (χ4n) is 0.687. The van der Waals surface area contributed by atoms with Crippen LogP contribution in [0, 0.1) is 0 Å². The van der Waals surface area contributed by atoms with Crippen molar-refractivity contribution in [3.8, 4) is 0 Å². The van der Waals surface area contributed by atoms with E-state index in [0.717, 1.165) is 21.0 Å². The topological polar surface area (TPSA) is 0 Å². The molecule has 70 valence electrons. The zero-order valence-electron chi connectivity index (χ0n) is 6.44. The second kappa shape index (κ2) is 7.18. The fraction of sp³-hybridized carbons (Fsp3) is 1.00. The normalized spacial score (nSPS) is 13.5. The Morgan fingerprint density at radius 1 is 0.818 bits per heavy atom. The molecule has 0 aliphatic carbocycles. The van der Waals surface area contributed by atoms with Gasteiger partial charge in [-0.2, -0.15) is 50.5 Å². The van der Waals surface area contributed by atoms with E-state index in [-0.39, 0.29) is 0 Å². The van der Waals surface area contributed by atoms with Gasteiger partial charge in [0.1, 0.15) is 0 Å². The van der Waals surface area contributed by atoms with Gasteiger partial charge in [-0.05, 0) is 17.9 Å². The maximum atomic E-state index is 4.35. The molecule has 0 aromatic heterocycles. The highest BCUT2D eigenvalue weighted by Gasteiger charge is 2.17. The van der Waals surface area contributed by atoms with Crippen LogP contribution in [0.15, 0.2) is 0 Å². The molecular weight excluding hydrogens is 232 g/mol. The van der Waals surface area contributed by atoms with E-state index in [0.29, 0.717) is 0 Å². The smallest absolute Gasteiger partial charge is 0.0219 e. The Balaban J connectivity index is 3.84. The number of rotatable bonds is 6. The van der Waals surface area contributed by atoms with Gasteiger partial charge in [-0.1, -0.05) is 0 Å². The molecule has 0 aromatic rings. The molecule has 0 nitrogen and oxygen atoms in total. The molecule has 5 heteroatoms. The Hall–Kier alpha value is 1.75. The average Bonchev–Trinajstić information content (AvgIpc) is 2.08. The lowest BCUT2D eigenvalue weighted by atomic mass is 10.6. The third kappa shape index (κ3) is 4.50. The largest absolute Gasteiger partial charge is 0.214 e. The van der Waals surface area contributed by atoms with Crippen LogP contribution in [-0.2, 0) is 0 Å². The van der Waals surface area contributed by atoms with Crippen molar-refractivity contribution in [3.05, 3.63) is 0 Å². The van der Waals surface area contributed by atoms with Crippen molar-refractivity contribution >= 4 is 60.5 Å². The van der Waals surface area contributed by atoms with E-state index in [2.05, 4.69) is 50.5 Å². The molecule has 11 heavy (non-hydrogen) atoms. The highest BCUT2D eigenvalue weighted by Crippen LogP contribution is 2.50. The van der Waals surface area contributed by atoms with Crippen LogP contribution in [-0.4, -0.2) is 26.8 Å². The van der Waals surface area contributed by atoms with Crippen LogP contribution in [0.1, 0.15) is 6.42 Å². The summed E-state index contributed by atoms with van der Waals surface area (Å²) in [6, 6.07) is 0. The molecule has 0 rings (SSSR count). The molecule has 0 bridgehead atoms. The van der Waals surface area contributed by atoms with Gasteiger partial charge >= 0.3 is 0 Å². The van der Waals surface area contributed by atoms with Crippen molar-refractivity contribution in [2.75, 3.05) is 26.8 Å². The van der Waals surface area contributed by atoms with Crippen molar-refractivity contribution in [1.82, 2.24) is 0 Å². The van der Waals surface area contributed by atoms with Gasteiger partial charge in [-0.15, -0.1) is 0 Å². The van der Waals surface area contributed by atoms with Crippen molar-refractivity contribution in [2.24, 2.45) is 0 Å². The van der Waals surface area contributed by atoms with Crippen LogP contribution in [0.5, 0.6) is 0 Å². The Bertz CT molecular complexity index is 82.7. The molecule has 0 spiro atoms. The van der Waals surface area contributed by atoms with Crippen LogP contribution in [0.3, 0.4) is 0 Å². The number of thiol groups is 4. The van der Waals surface area contributed by atoms with E-state index in [1.165, 1.54) is 12.2 Å². The van der Waals surface area contributed by atoms with Crippen molar-refractivity contribution in [1.29, 1.82) is 0 Å². The first-order valence-corrected chi connectivity index (χ1v) is 8.26. The molecule has 0 saturated heterocycles. The van der Waals surface area contributed by atoms with Crippen LogP contribution in [0.4, 0.5) is 0 Å². The zero-order chi connectivity index (χ0) is 8.74. The van der Waals surface area contributed by atoms with Crippen LogP contribution in [0.25, 0.3) is 0 Å². The molecule has 0 aromatic carbocycles. The van der Waals surface area contributed by atoms with Crippen molar-refractivity contribution in [2.45, 2.75) is 6.42 Å². The summed E-state index contributed by atoms with van der Waals surface area (Å²) in [7, 11) is -0.629. The lowest BCUT2D eigenvalue weighted by Crippen LogP contribution is -2.10. The minimum Gasteiger partial charge on any atom is -0.214 e. The fourth-order valence-corrected chi connectivity index (χ4v) is 6.55. The zero-order valence-corrected chi connectivity index (χ0v) is 10.8. The third-order valence-electron chi connectivity index (χ3n) is 1.56. The Morgan fingerprint density at radius 3 is 1.55 bits per heavy atom. The summed E-state index contributed by atoms with van der Waals surface area (Å²) in [6.45, 7) is 0. The number of hydrogen-bond donors (Lipinski definition) is 4. The van der Waals surface area contributed by atoms with Gasteiger partial charge in [0.05, 0.1) is 0 Å². The summed E-state index contributed by atoms with van der Waals surface area (Å²) in [5, 5.41) is 2.86. The second-order valence-electron chi connectivity index (χ2n) is 2.39. The summed E-state index contributed by atoms with van der Waals surface area (Å²) in [4.78, 5) is 0. The van der Waals surface area contributed by atoms with Gasteiger partial charge in [-0.3, -0.25) is 0 Å². The molecule has 0 unspecified atom stereocenters. The first-order chi connectivity index (χ1) is 5.24. The molecular formula is C6H16S5. The average molecular weight is 249 g/mol. The second-order valence-corrected chi connectivity index (χ2v) is 8.80.